The summed E-state index contributed by atoms with van der Waals surface area (Å²) >= 11 is 0. The summed E-state index contributed by atoms with van der Waals surface area (Å²) in [5, 5.41) is 7.89. The van der Waals surface area contributed by atoms with Gasteiger partial charge in [-0.1, -0.05) is 6.07 Å². The summed E-state index contributed by atoms with van der Waals surface area (Å²) in [6.45, 7) is 1.91. The Hall–Kier alpha value is -1.88. The molecule has 0 fully saturated rings. The minimum atomic E-state index is -0.358. The molecule has 0 aliphatic carbocycles. The van der Waals surface area contributed by atoms with Crippen LogP contribution in [-0.4, -0.2) is 29.3 Å². The SMILES string of the molecule is COC(=O)c1cccc2n[nH]c(C[C@H](C)N)c12. The number of aromatic nitrogens is 2. The van der Waals surface area contributed by atoms with E-state index in [1.807, 2.05) is 13.0 Å². The van der Waals surface area contributed by atoms with Gasteiger partial charge in [0.1, 0.15) is 0 Å². The van der Waals surface area contributed by atoms with E-state index in [0.29, 0.717) is 12.0 Å². The van der Waals surface area contributed by atoms with Gasteiger partial charge < -0.3 is 10.5 Å². The van der Waals surface area contributed by atoms with E-state index in [9.17, 15) is 4.79 Å². The first kappa shape index (κ1) is 11.6. The number of H-pyrrole nitrogens is 1. The van der Waals surface area contributed by atoms with Gasteiger partial charge in [-0.15, -0.1) is 0 Å². The zero-order valence-corrected chi connectivity index (χ0v) is 9.86. The van der Waals surface area contributed by atoms with Crippen molar-refractivity contribution in [1.82, 2.24) is 10.2 Å². The number of aromatic amines is 1. The van der Waals surface area contributed by atoms with Gasteiger partial charge in [-0.3, -0.25) is 5.10 Å². The van der Waals surface area contributed by atoms with Gasteiger partial charge in [0.2, 0.25) is 0 Å². The van der Waals surface area contributed by atoms with Crippen LogP contribution in [0.25, 0.3) is 10.9 Å². The number of hydrogen-bond acceptors (Lipinski definition) is 4. The van der Waals surface area contributed by atoms with Crippen LogP contribution < -0.4 is 5.73 Å². The molecule has 0 saturated carbocycles. The van der Waals surface area contributed by atoms with E-state index in [2.05, 4.69) is 10.2 Å². The summed E-state index contributed by atoms with van der Waals surface area (Å²) in [5.74, 6) is -0.358. The van der Waals surface area contributed by atoms with Crippen LogP contribution in [0.3, 0.4) is 0 Å². The number of nitrogens with zero attached hydrogens (tertiary/aromatic N) is 1. The quantitative estimate of drug-likeness (QED) is 0.781. The summed E-state index contributed by atoms with van der Waals surface area (Å²) < 4.78 is 4.76. The third kappa shape index (κ3) is 2.14. The Labute approximate surface area is 98.9 Å². The van der Waals surface area contributed by atoms with Crippen molar-refractivity contribution in [2.75, 3.05) is 7.11 Å². The first-order valence-corrected chi connectivity index (χ1v) is 5.43. The maximum Gasteiger partial charge on any atom is 0.338 e. The number of esters is 1. The summed E-state index contributed by atoms with van der Waals surface area (Å²) in [5.41, 5.74) is 7.92. The molecule has 0 spiro atoms. The van der Waals surface area contributed by atoms with Gasteiger partial charge in [0.15, 0.2) is 0 Å². The molecule has 90 valence electrons. The second kappa shape index (κ2) is 4.55. The molecule has 5 heteroatoms. The summed E-state index contributed by atoms with van der Waals surface area (Å²) in [6, 6.07) is 5.37. The zero-order valence-electron chi connectivity index (χ0n) is 9.86. The molecule has 1 aromatic carbocycles. The van der Waals surface area contributed by atoms with E-state index in [-0.39, 0.29) is 12.0 Å². The molecule has 2 rings (SSSR count). The third-order valence-electron chi connectivity index (χ3n) is 2.59. The number of ether oxygens (including phenoxy) is 1. The minimum absolute atomic E-state index is 0.00403. The number of methoxy groups -OCH3 is 1. The standard InChI is InChI=1S/C12H15N3O2/c1-7(13)6-10-11-8(12(16)17-2)4-3-5-9(11)14-15-10/h3-5,7H,6,13H2,1-2H3,(H,14,15)/t7-/m0/s1. The van der Waals surface area contributed by atoms with Gasteiger partial charge in [0.05, 0.1) is 18.2 Å². The van der Waals surface area contributed by atoms with Gasteiger partial charge in [-0.2, -0.15) is 5.10 Å². The molecule has 1 atom stereocenters. The monoisotopic (exact) mass is 233 g/mol. The number of fused-ring (bicyclic) bond motifs is 1. The molecule has 17 heavy (non-hydrogen) atoms. The average molecular weight is 233 g/mol. The van der Waals surface area contributed by atoms with Crippen LogP contribution in [-0.2, 0) is 11.2 Å². The lowest BCUT2D eigenvalue weighted by Gasteiger charge is -2.05. The average Bonchev–Trinajstić information content (AvgIpc) is 2.71. The molecule has 3 N–H and O–H groups in total. The molecule has 0 radical (unpaired) electrons. The Morgan fingerprint density at radius 1 is 1.59 bits per heavy atom. The van der Waals surface area contributed by atoms with Crippen LogP contribution in [0.2, 0.25) is 0 Å². The van der Waals surface area contributed by atoms with Crippen molar-refractivity contribution in [1.29, 1.82) is 0 Å². The molecule has 0 aliphatic rings. The maximum absolute atomic E-state index is 11.7. The van der Waals surface area contributed by atoms with Crippen LogP contribution in [0.4, 0.5) is 0 Å². The van der Waals surface area contributed by atoms with Gasteiger partial charge in [-0.05, 0) is 19.1 Å². The molecular weight excluding hydrogens is 218 g/mol. The van der Waals surface area contributed by atoms with Gasteiger partial charge in [0.25, 0.3) is 0 Å². The van der Waals surface area contributed by atoms with Crippen molar-refractivity contribution >= 4 is 16.9 Å². The molecule has 1 heterocycles. The first-order chi connectivity index (χ1) is 8.13. The van der Waals surface area contributed by atoms with Crippen molar-refractivity contribution in [3.05, 3.63) is 29.5 Å². The van der Waals surface area contributed by atoms with Crippen molar-refractivity contribution in [2.24, 2.45) is 5.73 Å². The molecule has 5 nitrogen and oxygen atoms in total. The van der Waals surface area contributed by atoms with Crippen LogP contribution >= 0.6 is 0 Å². The predicted octanol–water partition coefficient (Wildman–Crippen LogP) is 1.24. The van der Waals surface area contributed by atoms with Gasteiger partial charge in [-0.25, -0.2) is 4.79 Å². The predicted molar refractivity (Wildman–Crippen MR) is 64.8 cm³/mol. The Morgan fingerprint density at radius 3 is 3.00 bits per heavy atom. The first-order valence-electron chi connectivity index (χ1n) is 5.43. The van der Waals surface area contributed by atoms with E-state index in [4.69, 9.17) is 10.5 Å². The highest BCUT2D eigenvalue weighted by Gasteiger charge is 2.16. The molecule has 0 bridgehead atoms. The number of hydrogen-bond donors (Lipinski definition) is 2. The molecule has 2 aromatic rings. The fourth-order valence-electron chi connectivity index (χ4n) is 1.88. The smallest absolute Gasteiger partial charge is 0.338 e. The topological polar surface area (TPSA) is 81.0 Å². The van der Waals surface area contributed by atoms with Crippen molar-refractivity contribution < 1.29 is 9.53 Å². The minimum Gasteiger partial charge on any atom is -0.465 e. The van der Waals surface area contributed by atoms with Crippen LogP contribution in [0.1, 0.15) is 23.0 Å². The molecular formula is C12H15N3O2. The van der Waals surface area contributed by atoms with Crippen molar-refractivity contribution in [3.63, 3.8) is 0 Å². The Kier molecular flexibility index (Phi) is 3.10. The Morgan fingerprint density at radius 2 is 2.35 bits per heavy atom. The Balaban J connectivity index is 2.59. The molecule has 0 unspecified atom stereocenters. The number of nitrogens with two attached hydrogens (primary N) is 1. The lowest BCUT2D eigenvalue weighted by molar-refractivity contribution is 0.0603. The van der Waals surface area contributed by atoms with Gasteiger partial charge >= 0.3 is 5.97 Å². The lowest BCUT2D eigenvalue weighted by Crippen LogP contribution is -2.18. The highest BCUT2D eigenvalue weighted by Crippen LogP contribution is 2.22. The number of rotatable bonds is 3. The summed E-state index contributed by atoms with van der Waals surface area (Å²) in [6.07, 6.45) is 0.643. The molecule has 1 aromatic heterocycles. The second-order valence-corrected chi connectivity index (χ2v) is 4.07. The van der Waals surface area contributed by atoms with Crippen LogP contribution in [0.5, 0.6) is 0 Å². The third-order valence-corrected chi connectivity index (χ3v) is 2.59. The highest BCUT2D eigenvalue weighted by molar-refractivity contribution is 6.04. The summed E-state index contributed by atoms with van der Waals surface area (Å²) in [4.78, 5) is 11.7. The van der Waals surface area contributed by atoms with E-state index >= 15 is 0 Å². The molecule has 0 aliphatic heterocycles. The largest absolute Gasteiger partial charge is 0.465 e. The lowest BCUT2D eigenvalue weighted by atomic mass is 10.0. The van der Waals surface area contributed by atoms with E-state index in [0.717, 1.165) is 16.6 Å². The van der Waals surface area contributed by atoms with E-state index in [1.54, 1.807) is 12.1 Å². The van der Waals surface area contributed by atoms with Crippen molar-refractivity contribution in [2.45, 2.75) is 19.4 Å². The van der Waals surface area contributed by atoms with Gasteiger partial charge in [0, 0.05) is 23.5 Å². The number of nitrogens with one attached hydrogen (secondary N) is 1. The fourth-order valence-corrected chi connectivity index (χ4v) is 1.88. The Bertz CT molecular complexity index is 546. The maximum atomic E-state index is 11.7. The molecule has 0 saturated heterocycles. The number of carbonyl (C=O) groups is 1. The second-order valence-electron chi connectivity index (χ2n) is 4.07. The van der Waals surface area contributed by atoms with Crippen LogP contribution in [0.15, 0.2) is 18.2 Å². The number of carbonyl (C=O) groups excluding carboxylic acids is 1. The summed E-state index contributed by atoms with van der Waals surface area (Å²) in [7, 11) is 1.37. The van der Waals surface area contributed by atoms with Crippen LogP contribution in [0, 0.1) is 0 Å². The fraction of sp³-hybridized carbons (Fsp3) is 0.333. The zero-order chi connectivity index (χ0) is 12.4. The van der Waals surface area contributed by atoms with E-state index in [1.165, 1.54) is 7.11 Å². The van der Waals surface area contributed by atoms with Crippen molar-refractivity contribution in [3.8, 4) is 0 Å². The number of benzene rings is 1. The van der Waals surface area contributed by atoms with E-state index < -0.39 is 0 Å². The molecule has 0 amide bonds. The highest BCUT2D eigenvalue weighted by atomic mass is 16.5. The normalized spacial score (nSPS) is 12.6.